The van der Waals surface area contributed by atoms with Crippen LogP contribution < -0.4 is 10.2 Å². The lowest BCUT2D eigenvalue weighted by molar-refractivity contribution is -0.141. The Morgan fingerprint density at radius 2 is 2.00 bits per heavy atom. The molecule has 0 bridgehead atoms. The summed E-state index contributed by atoms with van der Waals surface area (Å²) in [5.74, 6) is 0.908. The number of nitrogens with one attached hydrogen (secondary N) is 1. The average Bonchev–Trinajstić information content (AvgIpc) is 3.31. The van der Waals surface area contributed by atoms with Crippen LogP contribution in [0.1, 0.15) is 31.4 Å². The highest BCUT2D eigenvalue weighted by Crippen LogP contribution is 2.30. The van der Waals surface area contributed by atoms with Crippen molar-refractivity contribution in [1.29, 1.82) is 0 Å². The lowest BCUT2D eigenvalue weighted by Gasteiger charge is -2.36. The molecule has 3 fully saturated rings. The van der Waals surface area contributed by atoms with E-state index in [1.54, 1.807) is 13.2 Å². The molecule has 0 aromatic carbocycles. The Hall–Kier alpha value is -1.91. The molecule has 4 atom stereocenters. The zero-order valence-corrected chi connectivity index (χ0v) is 19.0. The summed E-state index contributed by atoms with van der Waals surface area (Å²) in [5, 5.41) is 3.63. The van der Waals surface area contributed by atoms with Crippen LogP contribution in [0.2, 0.25) is 0 Å². The molecule has 1 aromatic heterocycles. The zero-order valence-electron chi connectivity index (χ0n) is 19.0. The van der Waals surface area contributed by atoms with E-state index in [-0.39, 0.29) is 17.9 Å². The van der Waals surface area contributed by atoms with Gasteiger partial charge in [-0.1, -0.05) is 6.07 Å². The lowest BCUT2D eigenvalue weighted by Crippen LogP contribution is -2.50. The van der Waals surface area contributed by atoms with E-state index in [0.717, 1.165) is 44.9 Å². The van der Waals surface area contributed by atoms with Gasteiger partial charge in [-0.15, -0.1) is 0 Å². The van der Waals surface area contributed by atoms with Crippen molar-refractivity contribution in [3.63, 3.8) is 0 Å². The van der Waals surface area contributed by atoms with Gasteiger partial charge in [0.1, 0.15) is 11.5 Å². The van der Waals surface area contributed by atoms with Crippen LogP contribution in [-0.4, -0.2) is 81.0 Å². The molecule has 1 aliphatic carbocycles. The van der Waals surface area contributed by atoms with Gasteiger partial charge in [0.05, 0.1) is 12.7 Å². The zero-order chi connectivity index (χ0) is 23.4. The Morgan fingerprint density at radius 1 is 1.21 bits per heavy atom. The predicted octanol–water partition coefficient (Wildman–Crippen LogP) is 2.56. The fourth-order valence-corrected chi connectivity index (χ4v) is 5.13. The molecule has 1 aromatic rings. The van der Waals surface area contributed by atoms with E-state index in [1.165, 1.54) is 6.07 Å². The predicted molar refractivity (Wildman–Crippen MR) is 117 cm³/mol. The number of ether oxygens (including phenoxy) is 2. The summed E-state index contributed by atoms with van der Waals surface area (Å²) in [6.07, 6.45) is -0.692. The molecule has 10 heteroatoms. The minimum absolute atomic E-state index is 0.00800. The van der Waals surface area contributed by atoms with Crippen LogP contribution in [0.15, 0.2) is 18.2 Å². The Balaban J connectivity index is 1.23. The molecule has 2 saturated heterocycles. The maximum absolute atomic E-state index is 13.1. The number of nitrogens with zero attached hydrogens (tertiary/aromatic N) is 3. The number of amides is 1. The standard InChI is InChI=1S/C23H33F3N4O3/c1-32-19-15-33-12-7-17(19)14-27-18-6-5-16(13-18)22(31)30-10-8-29(9-11-30)21-4-2-3-20(28-21)23(24,25)26/h2-4,16-19,27H,5-15H2,1H3. The topological polar surface area (TPSA) is 66.9 Å². The van der Waals surface area contributed by atoms with Crippen LogP contribution in [0, 0.1) is 11.8 Å². The number of carbonyl (C=O) groups is 1. The van der Waals surface area contributed by atoms with E-state index < -0.39 is 11.9 Å². The van der Waals surface area contributed by atoms with Crippen molar-refractivity contribution >= 4 is 11.7 Å². The van der Waals surface area contributed by atoms with Gasteiger partial charge in [-0.25, -0.2) is 4.98 Å². The van der Waals surface area contributed by atoms with E-state index in [2.05, 4.69) is 10.3 Å². The molecule has 0 radical (unpaired) electrons. The number of halogens is 3. The molecule has 2 aliphatic heterocycles. The van der Waals surface area contributed by atoms with Crippen LogP contribution >= 0.6 is 0 Å². The van der Waals surface area contributed by atoms with Crippen molar-refractivity contribution in [2.75, 3.05) is 57.9 Å². The summed E-state index contributed by atoms with van der Waals surface area (Å²) in [7, 11) is 1.72. The number of alkyl halides is 3. The Morgan fingerprint density at radius 3 is 2.73 bits per heavy atom. The number of carbonyl (C=O) groups excluding carboxylic acids is 1. The van der Waals surface area contributed by atoms with Crippen molar-refractivity contribution in [2.45, 2.75) is 44.0 Å². The number of aromatic nitrogens is 1. The number of hydrogen-bond acceptors (Lipinski definition) is 6. The van der Waals surface area contributed by atoms with Crippen molar-refractivity contribution < 1.29 is 27.4 Å². The SMILES string of the molecule is COC1COCCC1CNC1CCC(C(=O)N2CCN(c3cccc(C(F)(F)F)n3)CC2)C1. The van der Waals surface area contributed by atoms with Gasteiger partial charge < -0.3 is 24.6 Å². The van der Waals surface area contributed by atoms with E-state index in [9.17, 15) is 18.0 Å². The first kappa shape index (κ1) is 24.2. The van der Waals surface area contributed by atoms with Crippen molar-refractivity contribution in [2.24, 2.45) is 11.8 Å². The van der Waals surface area contributed by atoms with Crippen molar-refractivity contribution in [3.8, 4) is 0 Å². The van der Waals surface area contributed by atoms with Crippen LogP contribution in [-0.2, 0) is 20.4 Å². The maximum atomic E-state index is 13.1. The molecule has 4 unspecified atom stereocenters. The van der Waals surface area contributed by atoms with Crippen LogP contribution in [0.5, 0.6) is 0 Å². The van der Waals surface area contributed by atoms with E-state index in [0.29, 0.717) is 50.6 Å². The lowest BCUT2D eigenvalue weighted by atomic mass is 9.96. The van der Waals surface area contributed by atoms with Gasteiger partial charge in [-0.05, 0) is 37.8 Å². The molecule has 7 nitrogen and oxygen atoms in total. The van der Waals surface area contributed by atoms with Crippen LogP contribution in [0.3, 0.4) is 0 Å². The fraction of sp³-hybridized carbons (Fsp3) is 0.739. The maximum Gasteiger partial charge on any atom is 0.433 e. The van der Waals surface area contributed by atoms with Gasteiger partial charge in [0.15, 0.2) is 0 Å². The Bertz CT molecular complexity index is 801. The smallest absolute Gasteiger partial charge is 0.379 e. The van der Waals surface area contributed by atoms with Crippen molar-refractivity contribution in [1.82, 2.24) is 15.2 Å². The number of rotatable bonds is 6. The number of methoxy groups -OCH3 is 1. The van der Waals surface area contributed by atoms with Gasteiger partial charge in [0.2, 0.25) is 5.91 Å². The highest BCUT2D eigenvalue weighted by Gasteiger charge is 2.36. The summed E-state index contributed by atoms with van der Waals surface area (Å²) in [5.41, 5.74) is -0.888. The number of hydrogen-bond donors (Lipinski definition) is 1. The third kappa shape index (κ3) is 5.96. The molecule has 33 heavy (non-hydrogen) atoms. The summed E-state index contributed by atoms with van der Waals surface area (Å²) in [6.45, 7) is 4.24. The van der Waals surface area contributed by atoms with Crippen LogP contribution in [0.25, 0.3) is 0 Å². The molecule has 3 aliphatic rings. The highest BCUT2D eigenvalue weighted by atomic mass is 19.4. The first-order valence-electron chi connectivity index (χ1n) is 11.8. The molecule has 184 valence electrons. The normalized spacial score (nSPS) is 28.8. The minimum atomic E-state index is -4.46. The van der Waals surface area contributed by atoms with Gasteiger partial charge in [0, 0.05) is 64.3 Å². The van der Waals surface area contributed by atoms with Gasteiger partial charge in [-0.3, -0.25) is 4.79 Å². The molecule has 4 rings (SSSR count). The fourth-order valence-electron chi connectivity index (χ4n) is 5.13. The first-order valence-corrected chi connectivity index (χ1v) is 11.8. The second-order valence-electron chi connectivity index (χ2n) is 9.20. The third-order valence-electron chi connectivity index (χ3n) is 7.13. The molecular weight excluding hydrogens is 437 g/mol. The van der Waals surface area contributed by atoms with Crippen molar-refractivity contribution in [3.05, 3.63) is 23.9 Å². The number of pyridine rings is 1. The van der Waals surface area contributed by atoms with E-state index in [1.807, 2.05) is 9.80 Å². The summed E-state index contributed by atoms with van der Waals surface area (Å²) in [4.78, 5) is 20.5. The second kappa shape index (κ2) is 10.6. The molecular formula is C23H33F3N4O3. The molecule has 1 amide bonds. The third-order valence-corrected chi connectivity index (χ3v) is 7.13. The highest BCUT2D eigenvalue weighted by molar-refractivity contribution is 5.79. The summed E-state index contributed by atoms with van der Waals surface area (Å²) < 4.78 is 49.9. The quantitative estimate of drug-likeness (QED) is 0.690. The largest absolute Gasteiger partial charge is 0.433 e. The number of anilines is 1. The number of piperazine rings is 1. The van der Waals surface area contributed by atoms with Gasteiger partial charge in [0.25, 0.3) is 0 Å². The average molecular weight is 471 g/mol. The van der Waals surface area contributed by atoms with Gasteiger partial charge >= 0.3 is 6.18 Å². The first-order chi connectivity index (χ1) is 15.8. The summed E-state index contributed by atoms with van der Waals surface area (Å²) >= 11 is 0. The van der Waals surface area contributed by atoms with E-state index in [4.69, 9.17) is 9.47 Å². The molecule has 1 N–H and O–H groups in total. The molecule has 1 saturated carbocycles. The van der Waals surface area contributed by atoms with Crippen LogP contribution in [0.4, 0.5) is 19.0 Å². The molecule has 3 heterocycles. The minimum Gasteiger partial charge on any atom is -0.379 e. The van der Waals surface area contributed by atoms with Gasteiger partial charge in [-0.2, -0.15) is 13.2 Å². The monoisotopic (exact) mass is 470 g/mol. The summed E-state index contributed by atoms with van der Waals surface area (Å²) in [6, 6.07) is 4.27. The van der Waals surface area contributed by atoms with E-state index >= 15 is 0 Å². The second-order valence-corrected chi connectivity index (χ2v) is 9.20. The Labute approximate surface area is 192 Å². The molecule has 0 spiro atoms. The Kier molecular flexibility index (Phi) is 7.76.